The van der Waals surface area contributed by atoms with E-state index in [0.29, 0.717) is 31.5 Å². The first-order valence-corrected chi connectivity index (χ1v) is 9.32. The third kappa shape index (κ3) is 3.91. The molecule has 1 aliphatic heterocycles. The number of rotatable bonds is 5. The zero-order valence-electron chi connectivity index (χ0n) is 14.1. The molecule has 0 saturated heterocycles. The summed E-state index contributed by atoms with van der Waals surface area (Å²) < 4.78 is 22.8. The molecule has 1 atom stereocenters. The number of nitrogens with zero attached hydrogens (tertiary/aromatic N) is 2. The highest BCUT2D eigenvalue weighted by Gasteiger charge is 2.27. The molecule has 1 aromatic carbocycles. The van der Waals surface area contributed by atoms with Crippen molar-refractivity contribution in [1.29, 1.82) is 0 Å². The predicted octanol–water partition coefficient (Wildman–Crippen LogP) is 1.20. The van der Waals surface area contributed by atoms with Crippen molar-refractivity contribution in [2.24, 2.45) is 11.1 Å². The van der Waals surface area contributed by atoms with E-state index in [1.807, 2.05) is 11.9 Å². The van der Waals surface area contributed by atoms with E-state index in [0.717, 1.165) is 11.3 Å². The number of carbonyl (C=O) groups is 1. The van der Waals surface area contributed by atoms with Gasteiger partial charge < -0.3 is 4.90 Å². The molecular formula is C16H25N3O3S. The molecule has 0 aromatic heterocycles. The number of anilines is 1. The van der Waals surface area contributed by atoms with Gasteiger partial charge in [0.15, 0.2) is 0 Å². The first-order valence-electron chi connectivity index (χ1n) is 7.77. The van der Waals surface area contributed by atoms with Crippen LogP contribution < -0.4 is 10.0 Å². The van der Waals surface area contributed by atoms with Crippen molar-refractivity contribution in [1.82, 2.24) is 4.90 Å². The van der Waals surface area contributed by atoms with Gasteiger partial charge in [-0.3, -0.25) is 9.69 Å². The Kier molecular flexibility index (Phi) is 5.13. The van der Waals surface area contributed by atoms with Crippen LogP contribution in [0.5, 0.6) is 0 Å². The van der Waals surface area contributed by atoms with Crippen molar-refractivity contribution >= 4 is 21.6 Å². The van der Waals surface area contributed by atoms with Crippen molar-refractivity contribution in [2.75, 3.05) is 25.0 Å². The predicted molar refractivity (Wildman–Crippen MR) is 90.8 cm³/mol. The zero-order chi connectivity index (χ0) is 17.4. The Morgan fingerprint density at radius 1 is 1.35 bits per heavy atom. The molecule has 0 saturated carbocycles. The van der Waals surface area contributed by atoms with Gasteiger partial charge in [-0.05, 0) is 50.1 Å². The Morgan fingerprint density at radius 2 is 2.00 bits per heavy atom. The van der Waals surface area contributed by atoms with E-state index in [9.17, 15) is 13.2 Å². The summed E-state index contributed by atoms with van der Waals surface area (Å²) in [6.07, 6.45) is 0.647. The molecule has 2 N–H and O–H groups in total. The van der Waals surface area contributed by atoms with Crippen LogP contribution in [0.1, 0.15) is 26.3 Å². The summed E-state index contributed by atoms with van der Waals surface area (Å²) in [5, 5.41) is 5.16. The molecule has 1 unspecified atom stereocenters. The molecular weight excluding hydrogens is 314 g/mol. The normalized spacial score (nSPS) is 16.0. The lowest BCUT2D eigenvalue weighted by Gasteiger charge is -2.29. The minimum Gasteiger partial charge on any atom is -0.311 e. The lowest BCUT2D eigenvalue weighted by atomic mass is 10.1. The van der Waals surface area contributed by atoms with Crippen LogP contribution in [-0.2, 0) is 21.2 Å². The number of benzene rings is 1. The van der Waals surface area contributed by atoms with Gasteiger partial charge in [0.05, 0.1) is 11.4 Å². The molecule has 1 aromatic rings. The van der Waals surface area contributed by atoms with Gasteiger partial charge >= 0.3 is 0 Å². The van der Waals surface area contributed by atoms with E-state index in [2.05, 4.69) is 20.8 Å². The Morgan fingerprint density at radius 3 is 2.57 bits per heavy atom. The zero-order valence-corrected chi connectivity index (χ0v) is 14.9. The van der Waals surface area contributed by atoms with Gasteiger partial charge in [0, 0.05) is 18.3 Å². The van der Waals surface area contributed by atoms with Crippen LogP contribution in [0, 0.1) is 5.92 Å². The van der Waals surface area contributed by atoms with Gasteiger partial charge in [-0.25, -0.2) is 13.6 Å². The second kappa shape index (κ2) is 6.59. The maximum Gasteiger partial charge on any atom is 0.241 e. The Balaban J connectivity index is 2.15. The van der Waals surface area contributed by atoms with E-state index in [1.165, 1.54) is 6.07 Å². The molecule has 0 bridgehead atoms. The Labute approximate surface area is 138 Å². The smallest absolute Gasteiger partial charge is 0.241 e. The number of nitrogens with two attached hydrogens (primary N) is 1. The van der Waals surface area contributed by atoms with Crippen molar-refractivity contribution in [3.8, 4) is 0 Å². The first-order chi connectivity index (χ1) is 10.6. The fourth-order valence-electron chi connectivity index (χ4n) is 2.77. The maximum atomic E-state index is 12.6. The summed E-state index contributed by atoms with van der Waals surface area (Å²) in [5.41, 5.74) is 1.64. The minimum absolute atomic E-state index is 0.0297. The van der Waals surface area contributed by atoms with Gasteiger partial charge in [-0.15, -0.1) is 0 Å². The molecule has 0 aliphatic carbocycles. The Hall–Kier alpha value is -1.44. The van der Waals surface area contributed by atoms with Crippen LogP contribution in [0.15, 0.2) is 23.1 Å². The summed E-state index contributed by atoms with van der Waals surface area (Å²) in [6, 6.07) is 5.01. The highest BCUT2D eigenvalue weighted by atomic mass is 32.2. The molecule has 0 radical (unpaired) electrons. The van der Waals surface area contributed by atoms with Gasteiger partial charge in [0.1, 0.15) is 0 Å². The van der Waals surface area contributed by atoms with E-state index in [4.69, 9.17) is 5.14 Å². The lowest BCUT2D eigenvalue weighted by molar-refractivity contribution is -0.119. The Bertz CT molecular complexity index is 701. The standard InChI is InChI=1S/C16H25N3O3S/c1-11(2)12(3)18(4)10-16(20)19-8-7-13-9-14(23(17,21)22)5-6-15(13)19/h5-6,9,11-12H,7-8,10H2,1-4H3,(H2,17,21,22). The molecule has 1 heterocycles. The topological polar surface area (TPSA) is 83.7 Å². The van der Waals surface area contributed by atoms with Crippen molar-refractivity contribution in [3.63, 3.8) is 0 Å². The average molecular weight is 339 g/mol. The molecule has 1 amide bonds. The van der Waals surface area contributed by atoms with Crippen LogP contribution in [0.3, 0.4) is 0 Å². The van der Waals surface area contributed by atoms with Crippen LogP contribution in [0.25, 0.3) is 0 Å². The van der Waals surface area contributed by atoms with Crippen molar-refractivity contribution < 1.29 is 13.2 Å². The van der Waals surface area contributed by atoms with E-state index in [1.54, 1.807) is 17.0 Å². The molecule has 1 aliphatic rings. The lowest BCUT2D eigenvalue weighted by Crippen LogP contribution is -2.43. The van der Waals surface area contributed by atoms with Gasteiger partial charge in [0.25, 0.3) is 0 Å². The molecule has 128 valence electrons. The number of likely N-dealkylation sites (N-methyl/N-ethyl adjacent to an activating group) is 1. The number of fused-ring (bicyclic) bond motifs is 1. The summed E-state index contributed by atoms with van der Waals surface area (Å²) in [5.74, 6) is 0.498. The molecule has 7 heteroatoms. The van der Waals surface area contributed by atoms with Crippen LogP contribution in [0.4, 0.5) is 5.69 Å². The third-order valence-corrected chi connectivity index (χ3v) is 5.53. The van der Waals surface area contributed by atoms with Crippen LogP contribution in [0.2, 0.25) is 0 Å². The van der Waals surface area contributed by atoms with Crippen molar-refractivity contribution in [2.45, 2.75) is 38.1 Å². The van der Waals surface area contributed by atoms with Gasteiger partial charge in [0.2, 0.25) is 15.9 Å². The molecule has 0 fully saturated rings. The quantitative estimate of drug-likeness (QED) is 0.874. The number of carbonyl (C=O) groups excluding carboxylic acids is 1. The number of primary sulfonamides is 1. The monoisotopic (exact) mass is 339 g/mol. The van der Waals surface area contributed by atoms with E-state index >= 15 is 0 Å². The van der Waals surface area contributed by atoms with E-state index < -0.39 is 10.0 Å². The summed E-state index contributed by atoms with van der Waals surface area (Å²) >= 11 is 0. The molecule has 2 rings (SSSR count). The SMILES string of the molecule is CC(C)C(C)N(C)CC(=O)N1CCc2cc(S(N)(=O)=O)ccc21. The molecule has 23 heavy (non-hydrogen) atoms. The maximum absolute atomic E-state index is 12.6. The first kappa shape index (κ1) is 17.9. The third-order valence-electron chi connectivity index (χ3n) is 4.62. The highest BCUT2D eigenvalue weighted by Crippen LogP contribution is 2.30. The average Bonchev–Trinajstić information content (AvgIpc) is 2.88. The number of amides is 1. The van der Waals surface area contributed by atoms with Crippen LogP contribution in [-0.4, -0.2) is 45.4 Å². The number of hydrogen-bond donors (Lipinski definition) is 1. The number of hydrogen-bond acceptors (Lipinski definition) is 4. The van der Waals surface area contributed by atoms with Crippen LogP contribution >= 0.6 is 0 Å². The van der Waals surface area contributed by atoms with E-state index in [-0.39, 0.29) is 10.8 Å². The molecule has 0 spiro atoms. The highest BCUT2D eigenvalue weighted by molar-refractivity contribution is 7.89. The summed E-state index contributed by atoms with van der Waals surface area (Å²) in [7, 11) is -1.77. The van der Waals surface area contributed by atoms with Gasteiger partial charge in [-0.2, -0.15) is 0 Å². The summed E-state index contributed by atoms with van der Waals surface area (Å²) in [4.78, 5) is 16.4. The number of sulfonamides is 1. The summed E-state index contributed by atoms with van der Waals surface area (Å²) in [6.45, 7) is 7.29. The van der Waals surface area contributed by atoms with Gasteiger partial charge in [-0.1, -0.05) is 13.8 Å². The largest absolute Gasteiger partial charge is 0.311 e. The second-order valence-electron chi connectivity index (χ2n) is 6.53. The van der Waals surface area contributed by atoms with Crippen molar-refractivity contribution in [3.05, 3.63) is 23.8 Å². The fraction of sp³-hybridized carbons (Fsp3) is 0.562. The second-order valence-corrected chi connectivity index (χ2v) is 8.09. The minimum atomic E-state index is -3.71. The fourth-order valence-corrected chi connectivity index (χ4v) is 3.33. The molecule has 6 nitrogen and oxygen atoms in total.